The summed E-state index contributed by atoms with van der Waals surface area (Å²) in [5, 5.41) is 0. The van der Waals surface area contributed by atoms with Crippen molar-refractivity contribution in [2.75, 3.05) is 52.7 Å². The Labute approximate surface area is 195 Å². The molecule has 0 aromatic carbocycles. The fourth-order valence-corrected chi connectivity index (χ4v) is 9.56. The van der Waals surface area contributed by atoms with E-state index in [4.69, 9.17) is 45.2 Å². The van der Waals surface area contributed by atoms with Crippen molar-refractivity contribution in [2.45, 2.75) is 54.0 Å². The van der Waals surface area contributed by atoms with Crippen molar-refractivity contribution >= 4 is 15.5 Å². The molecule has 4 heterocycles. The van der Waals surface area contributed by atoms with Crippen molar-refractivity contribution in [1.29, 1.82) is 0 Å². The molecule has 4 aliphatic rings. The Morgan fingerprint density at radius 1 is 0.636 bits per heavy atom. The van der Waals surface area contributed by atoms with E-state index in [9.17, 15) is 0 Å². The van der Waals surface area contributed by atoms with Crippen LogP contribution in [-0.4, -0.2) is 63.2 Å². The molecular weight excluding hydrogens is 476 g/mol. The van der Waals surface area contributed by atoms with Crippen molar-refractivity contribution in [1.82, 2.24) is 4.90 Å². The van der Waals surface area contributed by atoms with Gasteiger partial charge in [0.2, 0.25) is 0 Å². The molecule has 0 unspecified atom stereocenters. The Kier molecular flexibility index (Phi) is 6.48. The molecule has 0 N–H and O–H groups in total. The Balaban J connectivity index is 1.36. The van der Waals surface area contributed by atoms with Gasteiger partial charge in [-0.15, -0.1) is 0 Å². The molecule has 0 aromatic rings. The van der Waals surface area contributed by atoms with Gasteiger partial charge in [0.25, 0.3) is 0 Å². The van der Waals surface area contributed by atoms with Gasteiger partial charge in [0.05, 0.1) is 0 Å². The predicted octanol–water partition coefficient (Wildman–Crippen LogP) is 5.07. The van der Waals surface area contributed by atoms with E-state index >= 15 is 0 Å². The Morgan fingerprint density at radius 2 is 0.939 bits per heavy atom. The fraction of sp³-hybridized carbons (Fsp3) is 0.800. The van der Waals surface area contributed by atoms with Gasteiger partial charge < -0.3 is 0 Å². The molecule has 0 atom stereocenters. The van der Waals surface area contributed by atoms with E-state index in [-0.39, 0.29) is 18.8 Å². The van der Waals surface area contributed by atoms with Crippen LogP contribution in [0.4, 0.5) is 0 Å². The first kappa shape index (κ1) is 25.4. The molecule has 4 aliphatic heterocycles. The second-order valence-corrected chi connectivity index (χ2v) is 14.5. The zero-order valence-electron chi connectivity index (χ0n) is 20.6. The molecule has 192 valence electrons. The van der Waals surface area contributed by atoms with Gasteiger partial charge in [-0.2, -0.15) is 0 Å². The number of hydrogen-bond acceptors (Lipinski definition) is 11. The third-order valence-corrected chi connectivity index (χ3v) is 11.7. The molecule has 0 saturated carbocycles. The third kappa shape index (κ3) is 4.73. The van der Waals surface area contributed by atoms with Gasteiger partial charge in [-0.1, -0.05) is 0 Å². The first-order valence-electron chi connectivity index (χ1n) is 11.2. The molecular formula is C20H37NO10P2. The molecule has 13 heteroatoms. The average Bonchev–Trinajstić information content (AvgIpc) is 3.43. The molecule has 0 amide bonds. The van der Waals surface area contributed by atoms with Crippen LogP contribution in [0, 0.1) is 0 Å². The fourth-order valence-electron chi connectivity index (χ4n) is 3.86. The zero-order chi connectivity index (χ0) is 24.0. The summed E-state index contributed by atoms with van der Waals surface area (Å²) in [4.78, 5) is 2.20. The maximum absolute atomic E-state index is 6.13. The second kappa shape index (κ2) is 8.43. The van der Waals surface area contributed by atoms with E-state index in [2.05, 4.69) is 25.7 Å². The minimum absolute atomic E-state index is 0.179. The summed E-state index contributed by atoms with van der Waals surface area (Å²) < 4.78 is 59.2. The SMILES string of the molecule is CC1=C(C)OP2(OCCN(CCOP34(OCCO3)OC(C)=C(C)O4)C(C)(C)C)(OCCO2)O1. The van der Waals surface area contributed by atoms with Gasteiger partial charge in [-0.25, -0.2) is 0 Å². The van der Waals surface area contributed by atoms with E-state index in [0.29, 0.717) is 62.6 Å². The van der Waals surface area contributed by atoms with E-state index in [1.807, 2.05) is 0 Å². The van der Waals surface area contributed by atoms with Gasteiger partial charge in [0, 0.05) is 0 Å². The molecule has 0 bridgehead atoms. The van der Waals surface area contributed by atoms with Crippen LogP contribution in [0.3, 0.4) is 0 Å². The third-order valence-electron chi connectivity index (χ3n) is 5.79. The molecule has 2 fully saturated rings. The van der Waals surface area contributed by atoms with Gasteiger partial charge in [-0.3, -0.25) is 0 Å². The summed E-state index contributed by atoms with van der Waals surface area (Å²) in [5.41, 5.74) is -0.179. The average molecular weight is 513 g/mol. The van der Waals surface area contributed by atoms with Crippen molar-refractivity contribution < 1.29 is 45.2 Å². The standard InChI is InChI=1S/C20H37NO10P2/c1-16-17(2)29-32(28-16,24-12-13-25-32)22-10-8-21(20(5,6)7)9-11-23-33(26-14-15-27-33)30-18(3)19(4)31-33/h8-15H2,1-7H3. The van der Waals surface area contributed by atoms with Crippen molar-refractivity contribution in [3.8, 4) is 0 Å². The van der Waals surface area contributed by atoms with Crippen LogP contribution in [-0.2, 0) is 45.2 Å². The number of hydrogen-bond donors (Lipinski definition) is 0. The van der Waals surface area contributed by atoms with Gasteiger partial charge >= 0.3 is 195 Å². The Morgan fingerprint density at radius 3 is 1.21 bits per heavy atom. The number of nitrogens with zero attached hydrogens (tertiary/aromatic N) is 1. The summed E-state index contributed by atoms with van der Waals surface area (Å²) in [6.07, 6.45) is 0. The summed E-state index contributed by atoms with van der Waals surface area (Å²) in [6, 6.07) is 0. The molecule has 11 nitrogen and oxygen atoms in total. The van der Waals surface area contributed by atoms with E-state index in [1.165, 1.54) is 0 Å². The van der Waals surface area contributed by atoms with Crippen molar-refractivity contribution in [2.24, 2.45) is 0 Å². The van der Waals surface area contributed by atoms with Crippen LogP contribution < -0.4 is 0 Å². The van der Waals surface area contributed by atoms with Crippen LogP contribution >= 0.6 is 15.5 Å². The van der Waals surface area contributed by atoms with Gasteiger partial charge in [0.15, 0.2) is 0 Å². The summed E-state index contributed by atoms with van der Waals surface area (Å²) in [6.45, 7) is 16.7. The van der Waals surface area contributed by atoms with Gasteiger partial charge in [0.1, 0.15) is 0 Å². The quantitative estimate of drug-likeness (QED) is 0.407. The number of allylic oxidation sites excluding steroid dienone is 4. The second-order valence-electron chi connectivity index (χ2n) is 9.24. The van der Waals surface area contributed by atoms with E-state index in [0.717, 1.165) is 0 Å². The molecule has 4 rings (SSSR count). The van der Waals surface area contributed by atoms with E-state index < -0.39 is 15.5 Å². The topological polar surface area (TPSA) is 95.5 Å². The first-order chi connectivity index (χ1) is 15.4. The van der Waals surface area contributed by atoms with Crippen molar-refractivity contribution in [3.05, 3.63) is 23.0 Å². The molecule has 2 spiro atoms. The molecule has 2 saturated heterocycles. The number of rotatable bonds is 8. The molecule has 0 aromatic heterocycles. The van der Waals surface area contributed by atoms with E-state index in [1.54, 1.807) is 27.7 Å². The zero-order valence-corrected chi connectivity index (χ0v) is 22.4. The van der Waals surface area contributed by atoms with Crippen LogP contribution in [0.15, 0.2) is 23.0 Å². The predicted molar refractivity (Wildman–Crippen MR) is 122 cm³/mol. The van der Waals surface area contributed by atoms with Gasteiger partial charge in [-0.05, 0) is 0 Å². The molecule has 0 aliphatic carbocycles. The van der Waals surface area contributed by atoms with Crippen molar-refractivity contribution in [3.63, 3.8) is 0 Å². The normalized spacial score (nSPS) is 29.3. The summed E-state index contributed by atoms with van der Waals surface area (Å²) in [7, 11) is -8.13. The summed E-state index contributed by atoms with van der Waals surface area (Å²) in [5.74, 6) is 2.43. The van der Waals surface area contributed by atoms with Crippen LogP contribution in [0.25, 0.3) is 0 Å². The van der Waals surface area contributed by atoms with Crippen LogP contribution in [0.2, 0.25) is 0 Å². The molecule has 0 radical (unpaired) electrons. The monoisotopic (exact) mass is 513 g/mol. The first-order valence-corrected chi connectivity index (χ1v) is 14.9. The Bertz CT molecular complexity index is 744. The van der Waals surface area contributed by atoms with Crippen LogP contribution in [0.5, 0.6) is 0 Å². The van der Waals surface area contributed by atoms with Crippen LogP contribution in [0.1, 0.15) is 48.5 Å². The summed E-state index contributed by atoms with van der Waals surface area (Å²) >= 11 is 0. The minimum atomic E-state index is -4.06. The Hall–Kier alpha value is -0.740. The maximum atomic E-state index is 6.13. The molecule has 33 heavy (non-hydrogen) atoms.